The molecule has 0 bridgehead atoms. The zero-order chi connectivity index (χ0) is 13.5. The van der Waals surface area contributed by atoms with E-state index in [-0.39, 0.29) is 18.5 Å². The van der Waals surface area contributed by atoms with E-state index in [1.54, 1.807) is 0 Å². The van der Waals surface area contributed by atoms with Gasteiger partial charge in [0.25, 0.3) is 0 Å². The monoisotopic (exact) mass is 272 g/mol. The maximum absolute atomic E-state index is 5.82. The van der Waals surface area contributed by atoms with E-state index < -0.39 is 0 Å². The molecule has 2 saturated heterocycles. The van der Waals surface area contributed by atoms with Gasteiger partial charge in [-0.25, -0.2) is 0 Å². The molecule has 19 heavy (non-hydrogen) atoms. The van der Waals surface area contributed by atoms with Gasteiger partial charge in [-0.1, -0.05) is 26.7 Å². The third-order valence-electron chi connectivity index (χ3n) is 3.86. The topological polar surface area (TPSA) is 36.9 Å². The average molecular weight is 272 g/mol. The van der Waals surface area contributed by atoms with Crippen LogP contribution in [0.2, 0.25) is 0 Å². The normalized spacial score (nSPS) is 36.3. The number of ether oxygens (including phenoxy) is 4. The van der Waals surface area contributed by atoms with Crippen molar-refractivity contribution >= 4 is 0 Å². The van der Waals surface area contributed by atoms with Crippen LogP contribution in [0.5, 0.6) is 0 Å². The minimum absolute atomic E-state index is 0.0207. The van der Waals surface area contributed by atoms with Crippen LogP contribution in [-0.2, 0) is 18.9 Å². The Balaban J connectivity index is 1.65. The second-order valence-corrected chi connectivity index (χ2v) is 5.69. The van der Waals surface area contributed by atoms with E-state index in [1.165, 1.54) is 19.3 Å². The van der Waals surface area contributed by atoms with Crippen molar-refractivity contribution in [3.8, 4) is 0 Å². The van der Waals surface area contributed by atoms with Gasteiger partial charge in [-0.2, -0.15) is 0 Å². The Morgan fingerprint density at radius 3 is 2.05 bits per heavy atom. The molecule has 2 rings (SSSR count). The Morgan fingerprint density at radius 1 is 0.789 bits per heavy atom. The van der Waals surface area contributed by atoms with Crippen molar-refractivity contribution in [2.24, 2.45) is 11.8 Å². The lowest BCUT2D eigenvalue weighted by atomic mass is 10.0. The third-order valence-corrected chi connectivity index (χ3v) is 3.86. The van der Waals surface area contributed by atoms with Crippen molar-refractivity contribution in [1.82, 2.24) is 0 Å². The summed E-state index contributed by atoms with van der Waals surface area (Å²) in [6.07, 6.45) is 5.55. The third kappa shape index (κ3) is 4.71. The fraction of sp³-hybridized carbons (Fsp3) is 1.00. The van der Waals surface area contributed by atoms with E-state index in [0.717, 1.165) is 26.1 Å². The van der Waals surface area contributed by atoms with Crippen LogP contribution in [0.4, 0.5) is 0 Å². The quantitative estimate of drug-likeness (QED) is 0.745. The highest BCUT2D eigenvalue weighted by Crippen LogP contribution is 2.25. The van der Waals surface area contributed by atoms with Crippen LogP contribution in [-0.4, -0.2) is 39.0 Å². The highest BCUT2D eigenvalue weighted by Gasteiger charge is 2.33. The lowest BCUT2D eigenvalue weighted by molar-refractivity contribution is -0.281. The van der Waals surface area contributed by atoms with Crippen LogP contribution in [0.25, 0.3) is 0 Å². The summed E-state index contributed by atoms with van der Waals surface area (Å²) in [4.78, 5) is 0. The van der Waals surface area contributed by atoms with Crippen LogP contribution in [0.3, 0.4) is 0 Å². The molecule has 2 heterocycles. The summed E-state index contributed by atoms with van der Waals surface area (Å²) in [6, 6.07) is 0. The second kappa shape index (κ2) is 8.20. The summed E-state index contributed by atoms with van der Waals surface area (Å²) in [7, 11) is 0. The van der Waals surface area contributed by atoms with Gasteiger partial charge in [0, 0.05) is 5.92 Å². The molecular formula is C15H28O4. The smallest absolute Gasteiger partial charge is 0.164 e. The van der Waals surface area contributed by atoms with Crippen molar-refractivity contribution in [2.45, 2.75) is 58.5 Å². The maximum Gasteiger partial charge on any atom is 0.164 e. The number of rotatable bonds is 6. The fourth-order valence-electron chi connectivity index (χ4n) is 2.66. The zero-order valence-electron chi connectivity index (χ0n) is 12.3. The van der Waals surface area contributed by atoms with E-state index in [9.17, 15) is 0 Å². The summed E-state index contributed by atoms with van der Waals surface area (Å²) in [5, 5.41) is 0. The van der Waals surface area contributed by atoms with Gasteiger partial charge in [0.15, 0.2) is 12.6 Å². The predicted molar refractivity (Wildman–Crippen MR) is 72.8 cm³/mol. The van der Waals surface area contributed by atoms with Crippen LogP contribution in [0.1, 0.15) is 46.0 Å². The fourth-order valence-corrected chi connectivity index (χ4v) is 2.66. The van der Waals surface area contributed by atoms with E-state index in [4.69, 9.17) is 18.9 Å². The van der Waals surface area contributed by atoms with Gasteiger partial charge in [0.1, 0.15) is 0 Å². The van der Waals surface area contributed by atoms with Gasteiger partial charge in [-0.15, -0.1) is 0 Å². The van der Waals surface area contributed by atoms with E-state index in [2.05, 4.69) is 13.8 Å². The van der Waals surface area contributed by atoms with Crippen LogP contribution >= 0.6 is 0 Å². The SMILES string of the molecule is CCCC[C@H]1OC[C@H]([C@H]2OC[C@H](CCC)CO2)CO1. The molecule has 2 fully saturated rings. The first-order chi connectivity index (χ1) is 9.33. The number of hydrogen-bond acceptors (Lipinski definition) is 4. The van der Waals surface area contributed by atoms with Gasteiger partial charge < -0.3 is 18.9 Å². The molecule has 112 valence electrons. The molecule has 2 aliphatic rings. The Kier molecular flexibility index (Phi) is 6.57. The van der Waals surface area contributed by atoms with Crippen molar-refractivity contribution in [3.05, 3.63) is 0 Å². The highest BCUT2D eigenvalue weighted by atomic mass is 16.7. The molecule has 0 unspecified atom stereocenters. The highest BCUT2D eigenvalue weighted by molar-refractivity contribution is 4.71. The summed E-state index contributed by atoms with van der Waals surface area (Å²) in [5.41, 5.74) is 0. The molecule has 0 aromatic carbocycles. The lowest BCUT2D eigenvalue weighted by Gasteiger charge is -2.37. The van der Waals surface area contributed by atoms with E-state index >= 15 is 0 Å². The molecule has 0 amide bonds. The molecule has 0 aromatic rings. The first-order valence-corrected chi connectivity index (χ1v) is 7.79. The molecule has 0 aliphatic carbocycles. The minimum Gasteiger partial charge on any atom is -0.352 e. The molecule has 4 heteroatoms. The molecule has 0 saturated carbocycles. The average Bonchev–Trinajstić information content (AvgIpc) is 2.47. The molecule has 0 N–H and O–H groups in total. The van der Waals surface area contributed by atoms with E-state index in [0.29, 0.717) is 19.1 Å². The molecule has 4 nitrogen and oxygen atoms in total. The first kappa shape index (κ1) is 15.2. The van der Waals surface area contributed by atoms with Crippen LogP contribution < -0.4 is 0 Å². The lowest BCUT2D eigenvalue weighted by Crippen LogP contribution is -2.44. The van der Waals surface area contributed by atoms with Gasteiger partial charge in [-0.05, 0) is 19.3 Å². The second-order valence-electron chi connectivity index (χ2n) is 5.69. The zero-order valence-corrected chi connectivity index (χ0v) is 12.3. The predicted octanol–water partition coefficient (Wildman–Crippen LogP) is 2.95. The largest absolute Gasteiger partial charge is 0.352 e. The summed E-state index contributed by atoms with van der Waals surface area (Å²) in [5.74, 6) is 0.782. The summed E-state index contributed by atoms with van der Waals surface area (Å²) < 4.78 is 23.1. The Hall–Kier alpha value is -0.160. The molecule has 0 spiro atoms. The summed E-state index contributed by atoms with van der Waals surface area (Å²) in [6.45, 7) is 7.39. The Morgan fingerprint density at radius 2 is 1.47 bits per heavy atom. The molecule has 0 radical (unpaired) electrons. The van der Waals surface area contributed by atoms with Gasteiger partial charge in [0.05, 0.1) is 32.3 Å². The van der Waals surface area contributed by atoms with Gasteiger partial charge in [-0.3, -0.25) is 0 Å². The first-order valence-electron chi connectivity index (χ1n) is 7.79. The maximum atomic E-state index is 5.82. The van der Waals surface area contributed by atoms with Crippen LogP contribution in [0.15, 0.2) is 0 Å². The van der Waals surface area contributed by atoms with Crippen molar-refractivity contribution < 1.29 is 18.9 Å². The summed E-state index contributed by atoms with van der Waals surface area (Å²) >= 11 is 0. The molecule has 0 aromatic heterocycles. The van der Waals surface area contributed by atoms with Crippen molar-refractivity contribution in [2.75, 3.05) is 26.4 Å². The Bertz CT molecular complexity index is 230. The van der Waals surface area contributed by atoms with Crippen molar-refractivity contribution in [1.29, 1.82) is 0 Å². The molecule has 2 aliphatic heterocycles. The van der Waals surface area contributed by atoms with Gasteiger partial charge in [0.2, 0.25) is 0 Å². The minimum atomic E-state index is -0.139. The number of hydrogen-bond donors (Lipinski definition) is 0. The Labute approximate surface area is 116 Å². The standard InChI is InChI=1S/C15H28O4/c1-3-5-7-14-16-10-13(11-17-14)15-18-8-12(6-4-2)9-19-15/h12-15H,3-11H2,1-2H3/t12-,13-,14-,15-. The number of unbranched alkanes of at least 4 members (excludes halogenated alkanes) is 1. The molecule has 0 atom stereocenters. The van der Waals surface area contributed by atoms with Gasteiger partial charge >= 0.3 is 0 Å². The van der Waals surface area contributed by atoms with Crippen molar-refractivity contribution in [3.63, 3.8) is 0 Å². The van der Waals surface area contributed by atoms with Crippen LogP contribution in [0, 0.1) is 11.8 Å². The molecular weight excluding hydrogens is 244 g/mol. The van der Waals surface area contributed by atoms with E-state index in [1.807, 2.05) is 0 Å².